The van der Waals surface area contributed by atoms with Gasteiger partial charge in [-0.15, -0.1) is 0 Å². The van der Waals surface area contributed by atoms with Gasteiger partial charge in [-0.25, -0.2) is 0 Å². The molecule has 1 aliphatic carbocycles. The number of nitrogens with one attached hydrogen (secondary N) is 2. The van der Waals surface area contributed by atoms with E-state index in [9.17, 15) is 4.79 Å². The molecule has 1 aromatic rings. The van der Waals surface area contributed by atoms with Crippen molar-refractivity contribution in [2.45, 2.75) is 44.7 Å². The molecule has 2 N–H and O–H groups in total. The quantitative estimate of drug-likeness (QED) is 0.824. The number of carbonyl (C=O) groups excluding carboxylic acids is 1. The molecule has 1 unspecified atom stereocenters. The van der Waals surface area contributed by atoms with Crippen LogP contribution in [0.1, 0.15) is 36.8 Å². The van der Waals surface area contributed by atoms with Crippen LogP contribution in [-0.4, -0.2) is 18.5 Å². The van der Waals surface area contributed by atoms with Gasteiger partial charge < -0.3 is 10.6 Å². The predicted octanol–water partition coefficient (Wildman–Crippen LogP) is 2.32. The minimum atomic E-state index is -0.0811. The Balaban J connectivity index is 1.48. The van der Waals surface area contributed by atoms with Crippen LogP contribution >= 0.6 is 0 Å². The molecule has 1 aliphatic heterocycles. The average Bonchev–Trinajstić information content (AvgIpc) is 3.00. The van der Waals surface area contributed by atoms with Crippen molar-refractivity contribution in [3.05, 3.63) is 47.0 Å². The van der Waals surface area contributed by atoms with Crippen LogP contribution < -0.4 is 10.6 Å². The van der Waals surface area contributed by atoms with E-state index >= 15 is 0 Å². The van der Waals surface area contributed by atoms with Gasteiger partial charge in [0.1, 0.15) is 0 Å². The SMILES string of the molecule is O=C(NCCC1=CCCC1)C1Cc2ccccc2CN1. The van der Waals surface area contributed by atoms with Crippen LogP contribution in [0.5, 0.6) is 0 Å². The number of carbonyl (C=O) groups is 1. The fraction of sp³-hybridized carbons (Fsp3) is 0.471. The van der Waals surface area contributed by atoms with Crippen molar-refractivity contribution in [3.63, 3.8) is 0 Å². The first-order valence-electron chi connectivity index (χ1n) is 7.59. The zero-order chi connectivity index (χ0) is 13.8. The molecule has 1 aromatic carbocycles. The smallest absolute Gasteiger partial charge is 0.237 e. The molecule has 0 radical (unpaired) electrons. The zero-order valence-electron chi connectivity index (χ0n) is 11.8. The van der Waals surface area contributed by atoms with Gasteiger partial charge in [-0.3, -0.25) is 4.79 Å². The summed E-state index contributed by atoms with van der Waals surface area (Å²) in [6.45, 7) is 1.56. The summed E-state index contributed by atoms with van der Waals surface area (Å²) >= 11 is 0. The van der Waals surface area contributed by atoms with Crippen LogP contribution in [0.2, 0.25) is 0 Å². The first-order valence-corrected chi connectivity index (χ1v) is 7.59. The Hall–Kier alpha value is -1.61. The highest BCUT2D eigenvalue weighted by Gasteiger charge is 2.23. The normalized spacial score (nSPS) is 21.2. The van der Waals surface area contributed by atoms with E-state index in [1.54, 1.807) is 0 Å². The standard InChI is InChI=1S/C17H22N2O/c20-17(18-10-9-13-5-1-2-6-13)16-11-14-7-3-4-8-15(14)12-19-16/h3-5,7-8,16,19H,1-2,6,9-12H2,(H,18,20). The first kappa shape index (κ1) is 13.4. The highest BCUT2D eigenvalue weighted by atomic mass is 16.2. The Bertz CT molecular complexity index is 521. The maximum Gasteiger partial charge on any atom is 0.237 e. The second-order valence-corrected chi connectivity index (χ2v) is 5.70. The van der Waals surface area contributed by atoms with E-state index in [-0.39, 0.29) is 11.9 Å². The summed E-state index contributed by atoms with van der Waals surface area (Å²) in [4.78, 5) is 12.2. The number of rotatable bonds is 4. The van der Waals surface area contributed by atoms with Crippen LogP contribution in [0, 0.1) is 0 Å². The lowest BCUT2D eigenvalue weighted by Crippen LogP contribution is -2.47. The minimum Gasteiger partial charge on any atom is -0.354 e. The Morgan fingerprint density at radius 3 is 2.95 bits per heavy atom. The summed E-state index contributed by atoms with van der Waals surface area (Å²) in [5.41, 5.74) is 4.12. The molecular weight excluding hydrogens is 248 g/mol. The Kier molecular flexibility index (Phi) is 4.16. The minimum absolute atomic E-state index is 0.0811. The Morgan fingerprint density at radius 1 is 1.30 bits per heavy atom. The third-order valence-corrected chi connectivity index (χ3v) is 4.28. The molecule has 3 nitrogen and oxygen atoms in total. The third kappa shape index (κ3) is 3.10. The van der Waals surface area contributed by atoms with Crippen molar-refractivity contribution in [2.24, 2.45) is 0 Å². The number of hydrogen-bond acceptors (Lipinski definition) is 2. The van der Waals surface area contributed by atoms with Gasteiger partial charge >= 0.3 is 0 Å². The van der Waals surface area contributed by atoms with Crippen LogP contribution in [0.25, 0.3) is 0 Å². The van der Waals surface area contributed by atoms with E-state index in [0.717, 1.165) is 25.9 Å². The van der Waals surface area contributed by atoms with Crippen molar-refractivity contribution in [3.8, 4) is 0 Å². The van der Waals surface area contributed by atoms with E-state index in [0.29, 0.717) is 0 Å². The number of fused-ring (bicyclic) bond motifs is 1. The average molecular weight is 270 g/mol. The van der Waals surface area contributed by atoms with E-state index in [1.807, 2.05) is 6.07 Å². The molecular formula is C17H22N2O. The molecule has 2 aliphatic rings. The van der Waals surface area contributed by atoms with Crippen molar-refractivity contribution >= 4 is 5.91 Å². The molecule has 1 atom stereocenters. The van der Waals surface area contributed by atoms with Crippen LogP contribution in [-0.2, 0) is 17.8 Å². The van der Waals surface area contributed by atoms with Crippen molar-refractivity contribution in [1.82, 2.24) is 10.6 Å². The molecule has 0 bridgehead atoms. The van der Waals surface area contributed by atoms with Crippen LogP contribution in [0.4, 0.5) is 0 Å². The monoisotopic (exact) mass is 270 g/mol. The topological polar surface area (TPSA) is 41.1 Å². The maximum atomic E-state index is 12.2. The lowest BCUT2D eigenvalue weighted by atomic mass is 9.95. The Morgan fingerprint density at radius 2 is 2.15 bits per heavy atom. The second kappa shape index (κ2) is 6.23. The second-order valence-electron chi connectivity index (χ2n) is 5.70. The van der Waals surface area contributed by atoms with Crippen LogP contribution in [0.3, 0.4) is 0 Å². The molecule has 1 amide bonds. The summed E-state index contributed by atoms with van der Waals surface area (Å²) in [5.74, 6) is 0.137. The molecule has 0 fully saturated rings. The maximum absolute atomic E-state index is 12.2. The molecule has 106 valence electrons. The lowest BCUT2D eigenvalue weighted by molar-refractivity contribution is -0.123. The molecule has 0 saturated heterocycles. The summed E-state index contributed by atoms with van der Waals surface area (Å²) < 4.78 is 0. The van der Waals surface area contributed by atoms with Crippen molar-refractivity contribution in [1.29, 1.82) is 0 Å². The number of amides is 1. The van der Waals surface area contributed by atoms with Gasteiger partial charge in [-0.2, -0.15) is 0 Å². The predicted molar refractivity (Wildman–Crippen MR) is 80.3 cm³/mol. The number of hydrogen-bond donors (Lipinski definition) is 2. The van der Waals surface area contributed by atoms with E-state index in [1.165, 1.54) is 36.0 Å². The summed E-state index contributed by atoms with van der Waals surface area (Å²) in [7, 11) is 0. The summed E-state index contributed by atoms with van der Waals surface area (Å²) in [6.07, 6.45) is 7.83. The van der Waals surface area contributed by atoms with Gasteiger partial charge in [-0.1, -0.05) is 35.9 Å². The molecule has 0 saturated carbocycles. The van der Waals surface area contributed by atoms with Gasteiger partial charge in [0.25, 0.3) is 0 Å². The summed E-state index contributed by atoms with van der Waals surface area (Å²) in [5, 5.41) is 6.39. The van der Waals surface area contributed by atoms with Gasteiger partial charge in [0, 0.05) is 13.1 Å². The molecule has 0 aromatic heterocycles. The number of benzene rings is 1. The fourth-order valence-corrected chi connectivity index (χ4v) is 3.07. The van der Waals surface area contributed by atoms with Crippen molar-refractivity contribution < 1.29 is 4.79 Å². The highest BCUT2D eigenvalue weighted by molar-refractivity contribution is 5.82. The number of allylic oxidation sites excluding steroid dienone is 1. The zero-order valence-corrected chi connectivity index (χ0v) is 11.8. The largest absolute Gasteiger partial charge is 0.354 e. The van der Waals surface area contributed by atoms with Crippen molar-refractivity contribution in [2.75, 3.05) is 6.54 Å². The van der Waals surface area contributed by atoms with Gasteiger partial charge in [-0.05, 0) is 43.2 Å². The molecule has 1 heterocycles. The summed E-state index contributed by atoms with van der Waals surface area (Å²) in [6, 6.07) is 8.27. The molecule has 3 rings (SSSR count). The van der Waals surface area contributed by atoms with E-state index < -0.39 is 0 Å². The first-order chi connectivity index (χ1) is 9.83. The molecule has 20 heavy (non-hydrogen) atoms. The van der Waals surface area contributed by atoms with Gasteiger partial charge in [0.2, 0.25) is 5.91 Å². The lowest BCUT2D eigenvalue weighted by Gasteiger charge is -2.25. The van der Waals surface area contributed by atoms with Gasteiger partial charge in [0.05, 0.1) is 6.04 Å². The Labute approximate surface area is 120 Å². The van der Waals surface area contributed by atoms with E-state index in [2.05, 4.69) is 34.9 Å². The third-order valence-electron chi connectivity index (χ3n) is 4.28. The highest BCUT2D eigenvalue weighted by Crippen LogP contribution is 2.20. The molecule has 0 spiro atoms. The fourth-order valence-electron chi connectivity index (χ4n) is 3.07. The van der Waals surface area contributed by atoms with Crippen LogP contribution in [0.15, 0.2) is 35.9 Å². The van der Waals surface area contributed by atoms with Gasteiger partial charge in [0.15, 0.2) is 0 Å². The molecule has 3 heteroatoms. The van der Waals surface area contributed by atoms with E-state index in [4.69, 9.17) is 0 Å².